The monoisotopic (exact) mass is 337 g/mol. The summed E-state index contributed by atoms with van der Waals surface area (Å²) in [6, 6.07) is 7.61. The summed E-state index contributed by atoms with van der Waals surface area (Å²) in [5.41, 5.74) is 9.73. The van der Waals surface area contributed by atoms with Crippen LogP contribution in [0.15, 0.2) is 34.8 Å². The third-order valence-electron chi connectivity index (χ3n) is 3.86. The minimum Gasteiger partial charge on any atom is -0.320 e. The molecule has 0 aromatic heterocycles. The van der Waals surface area contributed by atoms with Crippen molar-refractivity contribution in [3.05, 3.63) is 68.7 Å². The first-order chi connectivity index (χ1) is 9.56. The van der Waals surface area contributed by atoms with Crippen LogP contribution in [0.25, 0.3) is 0 Å². The Kier molecular flexibility index (Phi) is 3.61. The Hall–Kier alpha value is -1.26. The van der Waals surface area contributed by atoms with E-state index in [4.69, 9.17) is 5.73 Å². The van der Waals surface area contributed by atoms with Crippen LogP contribution in [0.4, 0.5) is 8.78 Å². The Morgan fingerprint density at radius 1 is 1.00 bits per heavy atom. The van der Waals surface area contributed by atoms with Crippen LogP contribution in [0.2, 0.25) is 0 Å². The van der Waals surface area contributed by atoms with Crippen LogP contribution in [0.5, 0.6) is 0 Å². The summed E-state index contributed by atoms with van der Waals surface area (Å²) in [4.78, 5) is 0. The number of halogens is 3. The normalized spacial score (nSPS) is 15.2. The number of benzene rings is 2. The van der Waals surface area contributed by atoms with Gasteiger partial charge in [0.25, 0.3) is 0 Å². The fourth-order valence-electron chi connectivity index (χ4n) is 2.74. The second-order valence-corrected chi connectivity index (χ2v) is 6.00. The van der Waals surface area contributed by atoms with Gasteiger partial charge in [0.2, 0.25) is 0 Å². The van der Waals surface area contributed by atoms with Gasteiger partial charge in [-0.2, -0.15) is 0 Å². The van der Waals surface area contributed by atoms with Crippen molar-refractivity contribution < 1.29 is 8.78 Å². The zero-order chi connectivity index (χ0) is 14.3. The summed E-state index contributed by atoms with van der Waals surface area (Å²) in [6.45, 7) is 0. The van der Waals surface area contributed by atoms with Crippen molar-refractivity contribution in [2.24, 2.45) is 5.73 Å². The van der Waals surface area contributed by atoms with Crippen molar-refractivity contribution >= 4 is 15.9 Å². The van der Waals surface area contributed by atoms with E-state index < -0.39 is 17.7 Å². The van der Waals surface area contributed by atoms with Gasteiger partial charge in [-0.25, -0.2) is 8.78 Å². The van der Waals surface area contributed by atoms with E-state index in [1.165, 1.54) is 11.1 Å². The molecule has 2 N–H and O–H groups in total. The van der Waals surface area contributed by atoms with E-state index in [0.717, 1.165) is 37.0 Å². The lowest BCUT2D eigenvalue weighted by Gasteiger charge is -2.15. The minimum atomic E-state index is -0.650. The molecule has 0 saturated carbocycles. The van der Waals surface area contributed by atoms with Gasteiger partial charge in [-0.05, 0) is 64.0 Å². The zero-order valence-corrected chi connectivity index (χ0v) is 12.4. The van der Waals surface area contributed by atoms with E-state index in [9.17, 15) is 8.78 Å². The lowest BCUT2D eigenvalue weighted by atomic mass is 9.96. The van der Waals surface area contributed by atoms with Crippen molar-refractivity contribution in [2.75, 3.05) is 0 Å². The van der Waals surface area contributed by atoms with Crippen molar-refractivity contribution in [1.29, 1.82) is 0 Å². The van der Waals surface area contributed by atoms with Gasteiger partial charge in [0.05, 0.1) is 10.5 Å². The maximum Gasteiger partial charge on any atom is 0.137 e. The molecule has 0 radical (unpaired) electrons. The van der Waals surface area contributed by atoms with E-state index >= 15 is 0 Å². The number of fused-ring (bicyclic) bond motifs is 1. The van der Waals surface area contributed by atoms with Crippen molar-refractivity contribution in [2.45, 2.75) is 25.3 Å². The summed E-state index contributed by atoms with van der Waals surface area (Å²) in [5.74, 6) is -0.996. The molecule has 1 nitrogen and oxygen atoms in total. The summed E-state index contributed by atoms with van der Waals surface area (Å²) in [5, 5.41) is 0. The van der Waals surface area contributed by atoms with Crippen molar-refractivity contribution in [3.8, 4) is 0 Å². The van der Waals surface area contributed by atoms with E-state index in [-0.39, 0.29) is 10.0 Å². The fraction of sp³-hybridized carbons (Fsp3) is 0.250. The first-order valence-electron chi connectivity index (χ1n) is 6.58. The van der Waals surface area contributed by atoms with E-state index in [1.54, 1.807) is 0 Å². The van der Waals surface area contributed by atoms with Crippen LogP contribution in [-0.2, 0) is 12.8 Å². The Balaban J connectivity index is 2.00. The predicted octanol–water partition coefficient (Wildman–Crippen LogP) is 4.26. The van der Waals surface area contributed by atoms with Crippen LogP contribution in [0.3, 0.4) is 0 Å². The van der Waals surface area contributed by atoms with Gasteiger partial charge in [0.1, 0.15) is 11.6 Å². The average Bonchev–Trinajstić information content (AvgIpc) is 2.89. The number of aryl methyl sites for hydroxylation is 2. The maximum absolute atomic E-state index is 14.0. The minimum absolute atomic E-state index is 0.111. The molecule has 2 aromatic carbocycles. The number of hydrogen-bond donors (Lipinski definition) is 1. The molecule has 0 saturated heterocycles. The molecular formula is C16H14BrF2N. The van der Waals surface area contributed by atoms with Gasteiger partial charge in [0.15, 0.2) is 0 Å². The number of nitrogens with two attached hydrogens (primary N) is 1. The highest BCUT2D eigenvalue weighted by Crippen LogP contribution is 2.30. The highest BCUT2D eigenvalue weighted by Gasteiger charge is 2.19. The molecule has 4 heteroatoms. The van der Waals surface area contributed by atoms with Crippen molar-refractivity contribution in [3.63, 3.8) is 0 Å². The molecular weight excluding hydrogens is 324 g/mol. The Bertz CT molecular complexity index is 670. The van der Waals surface area contributed by atoms with Gasteiger partial charge < -0.3 is 5.73 Å². The Morgan fingerprint density at radius 3 is 2.55 bits per heavy atom. The van der Waals surface area contributed by atoms with Crippen LogP contribution in [-0.4, -0.2) is 0 Å². The molecule has 0 aliphatic heterocycles. The standard InChI is InChI=1S/C16H14BrF2N/c17-13-8-14(18)12(7-15(13)19)16(20)11-5-4-9-2-1-3-10(9)6-11/h4-8,16H,1-3,20H2. The first-order valence-corrected chi connectivity index (χ1v) is 7.37. The molecule has 1 aliphatic rings. The molecule has 0 spiro atoms. The quantitative estimate of drug-likeness (QED) is 0.814. The van der Waals surface area contributed by atoms with Gasteiger partial charge in [0, 0.05) is 5.56 Å². The predicted molar refractivity (Wildman–Crippen MR) is 78.6 cm³/mol. The van der Waals surface area contributed by atoms with Gasteiger partial charge in [-0.1, -0.05) is 18.2 Å². The SMILES string of the molecule is NC(c1ccc2c(c1)CCC2)c1cc(F)c(Br)cc1F. The zero-order valence-electron chi connectivity index (χ0n) is 10.8. The molecule has 2 aromatic rings. The van der Waals surface area contributed by atoms with Crippen LogP contribution in [0, 0.1) is 11.6 Å². The smallest absolute Gasteiger partial charge is 0.137 e. The Labute approximate surface area is 124 Å². The van der Waals surface area contributed by atoms with Gasteiger partial charge in [-0.15, -0.1) is 0 Å². The van der Waals surface area contributed by atoms with Crippen LogP contribution in [0.1, 0.15) is 34.7 Å². The molecule has 0 bridgehead atoms. The molecule has 0 fully saturated rings. The van der Waals surface area contributed by atoms with Gasteiger partial charge in [-0.3, -0.25) is 0 Å². The fourth-order valence-corrected chi connectivity index (χ4v) is 3.06. The Morgan fingerprint density at radius 2 is 1.75 bits per heavy atom. The molecule has 1 atom stereocenters. The van der Waals surface area contributed by atoms with E-state index in [2.05, 4.69) is 15.9 Å². The molecule has 104 valence electrons. The summed E-state index contributed by atoms with van der Waals surface area (Å²) < 4.78 is 27.7. The van der Waals surface area contributed by atoms with Crippen molar-refractivity contribution in [1.82, 2.24) is 0 Å². The number of hydrogen-bond acceptors (Lipinski definition) is 1. The third kappa shape index (κ3) is 2.38. The van der Waals surface area contributed by atoms with E-state index in [1.807, 2.05) is 18.2 Å². The summed E-state index contributed by atoms with van der Waals surface area (Å²) >= 11 is 2.97. The second-order valence-electron chi connectivity index (χ2n) is 5.15. The average molecular weight is 338 g/mol. The van der Waals surface area contributed by atoms with Gasteiger partial charge >= 0.3 is 0 Å². The largest absolute Gasteiger partial charge is 0.320 e. The summed E-state index contributed by atoms with van der Waals surface area (Å²) in [6.07, 6.45) is 3.27. The van der Waals surface area contributed by atoms with E-state index in [0.29, 0.717) is 0 Å². The molecule has 0 heterocycles. The first kappa shape index (κ1) is 13.7. The molecule has 1 aliphatic carbocycles. The molecule has 20 heavy (non-hydrogen) atoms. The lowest BCUT2D eigenvalue weighted by Crippen LogP contribution is -2.14. The maximum atomic E-state index is 14.0. The van der Waals surface area contributed by atoms with Crippen LogP contribution < -0.4 is 5.73 Å². The second kappa shape index (κ2) is 5.26. The highest BCUT2D eigenvalue weighted by molar-refractivity contribution is 9.10. The highest BCUT2D eigenvalue weighted by atomic mass is 79.9. The lowest BCUT2D eigenvalue weighted by molar-refractivity contribution is 0.572. The number of rotatable bonds is 2. The molecule has 1 unspecified atom stereocenters. The topological polar surface area (TPSA) is 26.0 Å². The third-order valence-corrected chi connectivity index (χ3v) is 4.46. The summed E-state index contributed by atoms with van der Waals surface area (Å²) in [7, 11) is 0. The van der Waals surface area contributed by atoms with Crippen LogP contribution >= 0.6 is 15.9 Å². The molecule has 3 rings (SSSR count). The molecule has 0 amide bonds.